The Labute approximate surface area is 123 Å². The van der Waals surface area contributed by atoms with Crippen LogP contribution < -0.4 is 0 Å². The van der Waals surface area contributed by atoms with Gasteiger partial charge in [0.05, 0.1) is 0 Å². The lowest BCUT2D eigenvalue weighted by molar-refractivity contribution is 0.628. The molecule has 0 aliphatic heterocycles. The summed E-state index contributed by atoms with van der Waals surface area (Å²) >= 11 is 0. The Balaban J connectivity index is 2.37. The normalized spacial score (nSPS) is 16.7. The molecule has 0 saturated carbocycles. The second kappa shape index (κ2) is 6.81. The molecule has 0 aromatic carbocycles. The third-order valence-electron chi connectivity index (χ3n) is 3.72. The van der Waals surface area contributed by atoms with Crippen LogP contribution in [0.25, 0.3) is 0 Å². The molecular weight excluding hydrogens is 242 g/mol. The Kier molecular flexibility index (Phi) is 5.08. The SMILES string of the molecule is CN(C)B(B(C1=CCC=CC=C1)N(C)C)C1=C=CC=C1. The van der Waals surface area contributed by atoms with Crippen LogP contribution in [0.1, 0.15) is 6.42 Å². The number of hydrogen-bond acceptors (Lipinski definition) is 2. The molecule has 0 unspecified atom stereocenters. The minimum atomic E-state index is 0.300. The van der Waals surface area contributed by atoms with E-state index in [4.69, 9.17) is 0 Å². The van der Waals surface area contributed by atoms with Crippen LogP contribution in [0.3, 0.4) is 0 Å². The molecule has 0 bridgehead atoms. The summed E-state index contributed by atoms with van der Waals surface area (Å²) in [5, 5.41) is 0. The molecule has 2 nitrogen and oxygen atoms in total. The summed E-state index contributed by atoms with van der Waals surface area (Å²) in [6.45, 7) is 0.619. The molecule has 102 valence electrons. The molecule has 0 N–H and O–H groups in total. The van der Waals surface area contributed by atoms with Crippen molar-refractivity contribution in [3.05, 3.63) is 65.3 Å². The fraction of sp³-hybridized carbons (Fsp3) is 0.312. The van der Waals surface area contributed by atoms with E-state index in [0.717, 1.165) is 6.42 Å². The summed E-state index contributed by atoms with van der Waals surface area (Å²) in [7, 11) is 8.58. The van der Waals surface area contributed by atoms with Gasteiger partial charge in [0.1, 0.15) is 0 Å². The van der Waals surface area contributed by atoms with Gasteiger partial charge < -0.3 is 9.62 Å². The molecule has 0 atom stereocenters. The minimum Gasteiger partial charge on any atom is -0.348 e. The summed E-state index contributed by atoms with van der Waals surface area (Å²) < 4.78 is 0. The molecule has 20 heavy (non-hydrogen) atoms. The monoisotopic (exact) mass is 264 g/mol. The summed E-state index contributed by atoms with van der Waals surface area (Å²) in [6, 6.07) is 0. The van der Waals surface area contributed by atoms with Crippen molar-refractivity contribution in [3.8, 4) is 0 Å². The van der Waals surface area contributed by atoms with Gasteiger partial charge >= 0.3 is 0 Å². The predicted octanol–water partition coefficient (Wildman–Crippen LogP) is 2.34. The summed E-state index contributed by atoms with van der Waals surface area (Å²) in [4.78, 5) is 4.58. The number of hydrogen-bond donors (Lipinski definition) is 0. The van der Waals surface area contributed by atoms with Crippen LogP contribution in [-0.2, 0) is 0 Å². The van der Waals surface area contributed by atoms with E-state index in [-0.39, 0.29) is 0 Å². The first-order valence-electron chi connectivity index (χ1n) is 7.10. The largest absolute Gasteiger partial charge is 0.348 e. The van der Waals surface area contributed by atoms with Crippen LogP contribution >= 0.6 is 0 Å². The Morgan fingerprint density at radius 3 is 2.30 bits per heavy atom. The van der Waals surface area contributed by atoms with Crippen LogP contribution in [0.15, 0.2) is 65.3 Å². The van der Waals surface area contributed by atoms with E-state index in [1.165, 1.54) is 10.9 Å². The molecular formula is C16H22B2N2. The summed E-state index contributed by atoms with van der Waals surface area (Å²) in [5.41, 5.74) is 5.99. The van der Waals surface area contributed by atoms with E-state index < -0.39 is 0 Å². The van der Waals surface area contributed by atoms with Crippen LogP contribution in [0.4, 0.5) is 0 Å². The van der Waals surface area contributed by atoms with Gasteiger partial charge in [-0.15, -0.1) is 5.73 Å². The lowest BCUT2D eigenvalue weighted by Crippen LogP contribution is -2.56. The third kappa shape index (κ3) is 3.34. The summed E-state index contributed by atoms with van der Waals surface area (Å²) in [6.07, 6.45) is 18.2. The maximum Gasteiger partial charge on any atom is 0.256 e. The average molecular weight is 264 g/mol. The van der Waals surface area contributed by atoms with E-state index >= 15 is 0 Å². The molecule has 0 aromatic heterocycles. The van der Waals surface area contributed by atoms with Gasteiger partial charge in [-0.3, -0.25) is 0 Å². The molecule has 2 aliphatic carbocycles. The zero-order valence-electron chi connectivity index (χ0n) is 12.9. The van der Waals surface area contributed by atoms with Crippen molar-refractivity contribution in [2.45, 2.75) is 6.42 Å². The maximum absolute atomic E-state index is 3.37. The lowest BCUT2D eigenvalue weighted by atomic mass is 9.14. The molecule has 2 rings (SSSR count). The van der Waals surface area contributed by atoms with Crippen molar-refractivity contribution in [2.75, 3.05) is 28.2 Å². The highest BCUT2D eigenvalue weighted by Crippen LogP contribution is 2.20. The molecule has 0 saturated heterocycles. The van der Waals surface area contributed by atoms with Gasteiger partial charge in [0.25, 0.3) is 6.74 Å². The van der Waals surface area contributed by atoms with Crippen molar-refractivity contribution >= 4 is 13.5 Å². The van der Waals surface area contributed by atoms with Gasteiger partial charge in [0.15, 0.2) is 0 Å². The molecule has 4 heteroatoms. The van der Waals surface area contributed by atoms with Crippen LogP contribution in [0.5, 0.6) is 0 Å². The molecule has 0 fully saturated rings. The number of allylic oxidation sites excluding steroid dienone is 9. The maximum atomic E-state index is 3.37. The summed E-state index contributed by atoms with van der Waals surface area (Å²) in [5.74, 6) is 0. The van der Waals surface area contributed by atoms with Crippen molar-refractivity contribution in [1.82, 2.24) is 9.62 Å². The van der Waals surface area contributed by atoms with Crippen LogP contribution in [0.2, 0.25) is 0 Å². The van der Waals surface area contributed by atoms with Crippen molar-refractivity contribution in [1.29, 1.82) is 0 Å². The third-order valence-corrected chi connectivity index (χ3v) is 3.72. The van der Waals surface area contributed by atoms with Crippen molar-refractivity contribution in [2.24, 2.45) is 0 Å². The van der Waals surface area contributed by atoms with Gasteiger partial charge in [0, 0.05) is 0 Å². The van der Waals surface area contributed by atoms with E-state index in [2.05, 4.69) is 86.1 Å². The van der Waals surface area contributed by atoms with E-state index in [1.54, 1.807) is 0 Å². The zero-order valence-corrected chi connectivity index (χ0v) is 12.9. The molecule has 0 aromatic rings. The van der Waals surface area contributed by atoms with Crippen molar-refractivity contribution < 1.29 is 0 Å². The first kappa shape index (κ1) is 14.9. The molecule has 0 heterocycles. The first-order chi connectivity index (χ1) is 9.61. The Bertz CT molecular complexity index is 533. The smallest absolute Gasteiger partial charge is 0.256 e. The van der Waals surface area contributed by atoms with E-state index in [0.29, 0.717) is 13.5 Å². The highest BCUT2D eigenvalue weighted by molar-refractivity contribution is 7.26. The minimum absolute atomic E-state index is 0.300. The van der Waals surface area contributed by atoms with Crippen LogP contribution in [-0.4, -0.2) is 51.3 Å². The van der Waals surface area contributed by atoms with E-state index in [9.17, 15) is 0 Å². The molecule has 0 spiro atoms. The highest BCUT2D eigenvalue weighted by Gasteiger charge is 2.38. The predicted molar refractivity (Wildman–Crippen MR) is 90.6 cm³/mol. The van der Waals surface area contributed by atoms with Crippen LogP contribution in [0, 0.1) is 0 Å². The highest BCUT2D eigenvalue weighted by atomic mass is 15.0. The number of nitrogens with zero attached hydrogens (tertiary/aromatic N) is 2. The van der Waals surface area contributed by atoms with Gasteiger partial charge in [-0.2, -0.15) is 0 Å². The lowest BCUT2D eigenvalue weighted by Gasteiger charge is -2.32. The van der Waals surface area contributed by atoms with Gasteiger partial charge in [-0.05, 0) is 46.2 Å². The Morgan fingerprint density at radius 1 is 0.950 bits per heavy atom. The topological polar surface area (TPSA) is 6.48 Å². The van der Waals surface area contributed by atoms with E-state index in [1.807, 2.05) is 6.08 Å². The molecule has 0 amide bonds. The fourth-order valence-electron chi connectivity index (χ4n) is 2.84. The second-order valence-electron chi connectivity index (χ2n) is 5.67. The Morgan fingerprint density at radius 2 is 1.70 bits per heavy atom. The van der Waals surface area contributed by atoms with Gasteiger partial charge in [-0.25, -0.2) is 0 Å². The zero-order chi connectivity index (χ0) is 14.5. The average Bonchev–Trinajstić information content (AvgIpc) is 2.77. The number of rotatable bonds is 5. The van der Waals surface area contributed by atoms with Gasteiger partial charge in [-0.1, -0.05) is 48.0 Å². The first-order valence-corrected chi connectivity index (χ1v) is 7.10. The van der Waals surface area contributed by atoms with Crippen molar-refractivity contribution in [3.63, 3.8) is 0 Å². The standard InChI is InChI=1S/C16H22B2N2/c1-19(2)17(15-11-7-5-6-8-12-15)18(20(3)4)16-13-9-10-14-16/h5-7,9-13H,8H2,1-4H3. The molecule has 2 aliphatic rings. The quantitative estimate of drug-likeness (QED) is 0.555. The Hall–Kier alpha value is -1.47. The fourth-order valence-corrected chi connectivity index (χ4v) is 2.84. The van der Waals surface area contributed by atoms with Gasteiger partial charge in [0.2, 0.25) is 6.74 Å². The second-order valence-corrected chi connectivity index (χ2v) is 5.67. The molecule has 0 radical (unpaired) electrons.